The minimum atomic E-state index is -2.12. The van der Waals surface area contributed by atoms with E-state index in [1.54, 1.807) is 0 Å². The molecule has 0 spiro atoms. The largest absolute Gasteiger partial charge is 2.00 e. The molecule has 1 aliphatic carbocycles. The second-order valence-electron chi connectivity index (χ2n) is 6.45. The number of rotatable bonds is 8. The van der Waals surface area contributed by atoms with Gasteiger partial charge >= 0.3 is 75.9 Å². The van der Waals surface area contributed by atoms with E-state index in [1.807, 2.05) is 0 Å². The van der Waals surface area contributed by atoms with E-state index in [-0.39, 0.29) is 95.2 Å². The Balaban J connectivity index is -0.00000192. The average Bonchev–Trinajstić information content (AvgIpc) is 2.32. The van der Waals surface area contributed by atoms with Gasteiger partial charge in [0.15, 0.2) is 0 Å². The van der Waals surface area contributed by atoms with Gasteiger partial charge in [0.05, 0.1) is 5.66 Å². The van der Waals surface area contributed by atoms with Gasteiger partial charge in [0.1, 0.15) is 0 Å². The summed E-state index contributed by atoms with van der Waals surface area (Å²) in [5.74, 6) is -6.84. The minimum absolute atomic E-state index is 0. The van der Waals surface area contributed by atoms with Gasteiger partial charge in [0, 0.05) is 29.3 Å². The molecule has 4 N–H and O–H groups in total. The maximum atomic E-state index is 11.2. The Morgan fingerprint density at radius 3 is 1.33 bits per heavy atom. The first kappa shape index (κ1) is 32.0. The van der Waals surface area contributed by atoms with Gasteiger partial charge in [-0.05, 0) is 50.4 Å². The molecule has 1 saturated carbocycles. The number of hydrogen-bond donors (Lipinski definition) is 2. The maximum absolute atomic E-state index is 11.2. The van der Waals surface area contributed by atoms with Crippen molar-refractivity contribution in [3.63, 3.8) is 0 Å². The maximum Gasteiger partial charge on any atom is 2.00 e. The zero-order chi connectivity index (χ0) is 18.8. The molecular weight excluding hydrogens is 429 g/mol. The van der Waals surface area contributed by atoms with Crippen LogP contribution < -0.4 is 91.0 Å². The third kappa shape index (κ3) is 7.25. The molecule has 143 valence electrons. The molecule has 0 aromatic rings. The summed E-state index contributed by atoms with van der Waals surface area (Å²) in [6.07, 6.45) is -3.91. The molecule has 0 saturated heterocycles. The van der Waals surface area contributed by atoms with Gasteiger partial charge in [0.25, 0.3) is 0 Å². The van der Waals surface area contributed by atoms with Crippen molar-refractivity contribution in [2.75, 3.05) is 0 Å². The number of carbonyl (C=O) groups excluding carboxylic acids is 4. The van der Waals surface area contributed by atoms with E-state index in [2.05, 4.69) is 0 Å². The van der Waals surface area contributed by atoms with Crippen molar-refractivity contribution in [3.8, 4) is 0 Å². The van der Waals surface area contributed by atoms with E-state index >= 15 is 0 Å². The van der Waals surface area contributed by atoms with Crippen LogP contribution in [0.1, 0.15) is 44.9 Å². The van der Waals surface area contributed by atoms with Crippen molar-refractivity contribution in [2.45, 2.75) is 50.6 Å². The van der Waals surface area contributed by atoms with Crippen LogP contribution in [0.5, 0.6) is 0 Å². The molecule has 0 aromatic heterocycles. The molecule has 10 nitrogen and oxygen atoms in total. The Morgan fingerprint density at radius 2 is 1.04 bits per heavy atom. The molecule has 0 unspecified atom stereocenters. The molecule has 1 rings (SSSR count). The van der Waals surface area contributed by atoms with Crippen molar-refractivity contribution < 1.29 is 115 Å². The van der Waals surface area contributed by atoms with Crippen LogP contribution in [0.2, 0.25) is 0 Å². The third-order valence-corrected chi connectivity index (χ3v) is 5.01. The van der Waals surface area contributed by atoms with Crippen LogP contribution in [0.4, 0.5) is 0 Å². The second-order valence-corrected chi connectivity index (χ2v) is 6.45. The SMILES string of the molecule is NC1(N)CCCC(CC(=O)[O-])(CC(=O)[O-])C1(CC(=O)[O-])CC(=O)[O-].[Co+2].[Na+].[Na+]. The fourth-order valence-electron chi connectivity index (χ4n) is 4.08. The van der Waals surface area contributed by atoms with E-state index in [0.29, 0.717) is 0 Å². The van der Waals surface area contributed by atoms with Gasteiger partial charge in [-0.25, -0.2) is 0 Å². The third-order valence-electron chi connectivity index (χ3n) is 5.01. The monoisotopic (exact) mass is 447 g/mol. The van der Waals surface area contributed by atoms with Crippen LogP contribution in [-0.2, 0) is 36.0 Å². The zero-order valence-corrected chi connectivity index (χ0v) is 20.2. The van der Waals surface area contributed by atoms with E-state index in [0.717, 1.165) is 0 Å². The van der Waals surface area contributed by atoms with Crippen LogP contribution in [0.3, 0.4) is 0 Å². The average molecular weight is 447 g/mol. The number of nitrogens with two attached hydrogens (primary N) is 2. The summed E-state index contributed by atoms with van der Waals surface area (Å²) in [5.41, 5.74) is 5.94. The number of carbonyl (C=O) groups is 4. The molecule has 0 amide bonds. The van der Waals surface area contributed by atoms with Crippen molar-refractivity contribution in [1.82, 2.24) is 0 Å². The molecule has 0 atom stereocenters. The van der Waals surface area contributed by atoms with Crippen molar-refractivity contribution in [1.29, 1.82) is 0 Å². The molecule has 27 heavy (non-hydrogen) atoms. The predicted molar refractivity (Wildman–Crippen MR) is 68.3 cm³/mol. The summed E-state index contributed by atoms with van der Waals surface area (Å²) in [4.78, 5) is 44.9. The molecule has 0 bridgehead atoms. The molecular formula is C14H18CoN2Na2O8. The van der Waals surface area contributed by atoms with Crippen LogP contribution in [0.15, 0.2) is 0 Å². The van der Waals surface area contributed by atoms with Gasteiger partial charge in [-0.2, -0.15) is 0 Å². The van der Waals surface area contributed by atoms with Crippen LogP contribution in [0.25, 0.3) is 0 Å². The van der Waals surface area contributed by atoms with Crippen LogP contribution >= 0.6 is 0 Å². The van der Waals surface area contributed by atoms with Crippen molar-refractivity contribution in [2.24, 2.45) is 22.3 Å². The van der Waals surface area contributed by atoms with Gasteiger partial charge in [-0.3, -0.25) is 0 Å². The fraction of sp³-hybridized carbons (Fsp3) is 0.714. The smallest absolute Gasteiger partial charge is 0.550 e. The van der Waals surface area contributed by atoms with Gasteiger partial charge in [-0.1, -0.05) is 0 Å². The first-order valence-electron chi connectivity index (χ1n) is 7.25. The zero-order valence-electron chi connectivity index (χ0n) is 15.2. The van der Waals surface area contributed by atoms with Crippen molar-refractivity contribution in [3.05, 3.63) is 0 Å². The number of hydrogen-bond acceptors (Lipinski definition) is 10. The van der Waals surface area contributed by atoms with E-state index in [1.165, 1.54) is 0 Å². The molecule has 1 aliphatic rings. The fourth-order valence-corrected chi connectivity index (χ4v) is 4.08. The standard InChI is InChI=1S/C14H22N2O8.Co.2Na/c15-14(16)3-1-2-12(4-8(17)18,5-9(19)20)13(14,6-10(21)22)7-11(23)24;;;/h1-7,15-16H2,(H,17,18)(H,19,20)(H,21,22)(H,23,24);;;/q;+2;2*+1/p-4. The van der Waals surface area contributed by atoms with Crippen LogP contribution in [-0.4, -0.2) is 29.5 Å². The summed E-state index contributed by atoms with van der Waals surface area (Å²) in [6, 6.07) is 0. The van der Waals surface area contributed by atoms with E-state index in [4.69, 9.17) is 11.5 Å². The number of carboxylic acid groups (broad SMARTS) is 4. The molecule has 0 aliphatic heterocycles. The van der Waals surface area contributed by atoms with Gasteiger partial charge < -0.3 is 51.1 Å². The number of aliphatic carboxylic acids is 4. The normalized spacial score (nSPS) is 18.6. The Labute approximate surface area is 210 Å². The molecule has 1 radical (unpaired) electrons. The quantitative estimate of drug-likeness (QED) is 0.265. The first-order chi connectivity index (χ1) is 10.9. The molecule has 0 heterocycles. The van der Waals surface area contributed by atoms with Crippen LogP contribution in [0, 0.1) is 10.8 Å². The number of carboxylic acids is 4. The molecule has 13 heteroatoms. The minimum Gasteiger partial charge on any atom is -0.550 e. The van der Waals surface area contributed by atoms with Crippen molar-refractivity contribution >= 4 is 23.9 Å². The Kier molecular flexibility index (Phi) is 14.3. The summed E-state index contributed by atoms with van der Waals surface area (Å²) in [7, 11) is 0. The second kappa shape index (κ2) is 12.1. The Morgan fingerprint density at radius 1 is 0.704 bits per heavy atom. The van der Waals surface area contributed by atoms with E-state index in [9.17, 15) is 39.6 Å². The topological polar surface area (TPSA) is 213 Å². The van der Waals surface area contributed by atoms with Gasteiger partial charge in [0.2, 0.25) is 0 Å². The Bertz CT molecular complexity index is 541. The van der Waals surface area contributed by atoms with Gasteiger partial charge in [-0.15, -0.1) is 0 Å². The summed E-state index contributed by atoms with van der Waals surface area (Å²) < 4.78 is 0. The summed E-state index contributed by atoms with van der Waals surface area (Å²) >= 11 is 0. The Hall–Kier alpha value is 0.306. The van der Waals surface area contributed by atoms with E-state index < -0.39 is 66.1 Å². The summed E-state index contributed by atoms with van der Waals surface area (Å²) in [6.45, 7) is 0. The molecule has 0 aromatic carbocycles. The first-order valence-corrected chi connectivity index (χ1v) is 7.25. The summed E-state index contributed by atoms with van der Waals surface area (Å²) in [5, 5.41) is 44.9. The predicted octanol–water partition coefficient (Wildman–Crippen LogP) is -11.7. The molecule has 1 fully saturated rings.